The lowest BCUT2D eigenvalue weighted by atomic mass is 10.3. The standard InChI is InChI=1S/C16H16N2O6S2/c1-3-23-15(19)11-5-7-13(17(21)9-11)25-26-14-8-6-12(10-18(14)22)16(20)24-4-2/h5-10H,3-4H2,1-2H3. The molecular weight excluding hydrogens is 380 g/mol. The highest BCUT2D eigenvalue weighted by atomic mass is 33.1. The number of esters is 2. The average Bonchev–Trinajstić information content (AvgIpc) is 2.61. The van der Waals surface area contributed by atoms with Gasteiger partial charge in [-0.2, -0.15) is 9.46 Å². The molecule has 2 aromatic heterocycles. The molecule has 0 amide bonds. The number of nitrogens with zero attached hydrogens (tertiary/aromatic N) is 2. The molecule has 0 aromatic carbocycles. The van der Waals surface area contributed by atoms with E-state index in [1.54, 1.807) is 13.8 Å². The highest BCUT2D eigenvalue weighted by molar-refractivity contribution is 8.76. The van der Waals surface area contributed by atoms with Gasteiger partial charge in [-0.3, -0.25) is 0 Å². The number of carbonyl (C=O) groups excluding carboxylic acids is 2. The van der Waals surface area contributed by atoms with E-state index in [9.17, 15) is 20.0 Å². The van der Waals surface area contributed by atoms with Crippen molar-refractivity contribution in [1.82, 2.24) is 0 Å². The van der Waals surface area contributed by atoms with Gasteiger partial charge in [0.25, 0.3) is 10.1 Å². The first-order valence-corrected chi connectivity index (χ1v) is 9.76. The quantitative estimate of drug-likeness (QED) is 0.303. The van der Waals surface area contributed by atoms with Gasteiger partial charge in [-0.15, -0.1) is 0 Å². The van der Waals surface area contributed by atoms with Crippen molar-refractivity contribution in [2.45, 2.75) is 23.9 Å². The van der Waals surface area contributed by atoms with Crippen LogP contribution >= 0.6 is 21.6 Å². The van der Waals surface area contributed by atoms with Gasteiger partial charge in [0.05, 0.1) is 13.2 Å². The van der Waals surface area contributed by atoms with Crippen molar-refractivity contribution in [3.8, 4) is 0 Å². The van der Waals surface area contributed by atoms with E-state index < -0.39 is 11.9 Å². The minimum Gasteiger partial charge on any atom is -0.618 e. The number of carbonyl (C=O) groups is 2. The zero-order valence-corrected chi connectivity index (χ0v) is 15.7. The van der Waals surface area contributed by atoms with Crippen LogP contribution in [0, 0.1) is 10.4 Å². The molecule has 0 saturated heterocycles. The fraction of sp³-hybridized carbons (Fsp3) is 0.250. The largest absolute Gasteiger partial charge is 0.618 e. The number of ether oxygens (including phenoxy) is 2. The minimum absolute atomic E-state index is 0.147. The summed E-state index contributed by atoms with van der Waals surface area (Å²) in [6, 6.07) is 5.90. The van der Waals surface area contributed by atoms with E-state index in [0.717, 1.165) is 34.0 Å². The zero-order chi connectivity index (χ0) is 19.1. The first-order valence-electron chi connectivity index (χ1n) is 7.61. The highest BCUT2D eigenvalue weighted by Gasteiger charge is 2.18. The van der Waals surface area contributed by atoms with Gasteiger partial charge in [-0.05, 0) is 26.0 Å². The van der Waals surface area contributed by atoms with Gasteiger partial charge >= 0.3 is 11.9 Å². The van der Waals surface area contributed by atoms with Crippen molar-refractivity contribution < 1.29 is 28.5 Å². The van der Waals surface area contributed by atoms with Crippen LogP contribution < -0.4 is 9.46 Å². The van der Waals surface area contributed by atoms with Gasteiger partial charge in [0.15, 0.2) is 12.4 Å². The Morgan fingerprint density at radius 2 is 1.23 bits per heavy atom. The van der Waals surface area contributed by atoms with E-state index in [4.69, 9.17) is 9.47 Å². The van der Waals surface area contributed by atoms with Crippen LogP contribution in [-0.2, 0) is 9.47 Å². The van der Waals surface area contributed by atoms with Crippen molar-refractivity contribution in [2.24, 2.45) is 0 Å². The normalized spacial score (nSPS) is 10.4. The second kappa shape index (κ2) is 9.30. The second-order valence-electron chi connectivity index (χ2n) is 4.77. The molecule has 0 spiro atoms. The minimum atomic E-state index is -0.576. The van der Waals surface area contributed by atoms with Crippen LogP contribution in [0.25, 0.3) is 0 Å². The van der Waals surface area contributed by atoms with Crippen molar-refractivity contribution in [1.29, 1.82) is 0 Å². The van der Waals surface area contributed by atoms with Crippen molar-refractivity contribution in [3.63, 3.8) is 0 Å². The van der Waals surface area contributed by atoms with Crippen molar-refractivity contribution >= 4 is 33.5 Å². The average molecular weight is 396 g/mol. The third-order valence-corrected chi connectivity index (χ3v) is 5.32. The van der Waals surface area contributed by atoms with Gasteiger partial charge in [0, 0.05) is 33.7 Å². The number of hydrogen-bond donors (Lipinski definition) is 0. The van der Waals surface area contributed by atoms with Gasteiger partial charge in [-0.25, -0.2) is 9.59 Å². The molecule has 8 nitrogen and oxygen atoms in total. The lowest BCUT2D eigenvalue weighted by Crippen LogP contribution is -2.31. The lowest BCUT2D eigenvalue weighted by Gasteiger charge is -2.07. The van der Waals surface area contributed by atoms with E-state index in [1.165, 1.54) is 24.3 Å². The summed E-state index contributed by atoms with van der Waals surface area (Å²) < 4.78 is 10.7. The van der Waals surface area contributed by atoms with E-state index >= 15 is 0 Å². The lowest BCUT2D eigenvalue weighted by molar-refractivity contribution is -0.646. The highest BCUT2D eigenvalue weighted by Crippen LogP contribution is 2.33. The van der Waals surface area contributed by atoms with Crippen molar-refractivity contribution in [2.75, 3.05) is 13.2 Å². The Bertz CT molecular complexity index is 748. The van der Waals surface area contributed by atoms with Gasteiger partial charge in [0.1, 0.15) is 11.1 Å². The summed E-state index contributed by atoms with van der Waals surface area (Å²) in [4.78, 5) is 23.2. The summed E-state index contributed by atoms with van der Waals surface area (Å²) in [6.45, 7) is 3.79. The summed E-state index contributed by atoms with van der Waals surface area (Å²) >= 11 is 0. The molecule has 2 heterocycles. The van der Waals surface area contributed by atoms with Crippen LogP contribution in [0.15, 0.2) is 46.7 Å². The van der Waals surface area contributed by atoms with Crippen LogP contribution in [0.5, 0.6) is 0 Å². The first-order chi connectivity index (χ1) is 12.5. The van der Waals surface area contributed by atoms with E-state index in [2.05, 4.69) is 0 Å². The summed E-state index contributed by atoms with van der Waals surface area (Å²) in [6.07, 6.45) is 2.24. The summed E-state index contributed by atoms with van der Waals surface area (Å²) in [7, 11) is 2.10. The monoisotopic (exact) mass is 396 g/mol. The Kier molecular flexibility index (Phi) is 7.10. The molecule has 0 saturated carbocycles. The molecule has 138 valence electrons. The molecule has 0 bridgehead atoms. The number of aromatic nitrogens is 2. The van der Waals surface area contributed by atoms with E-state index in [1.807, 2.05) is 0 Å². The molecule has 0 aliphatic carbocycles. The summed E-state index contributed by atoms with van der Waals surface area (Å²) in [5, 5.41) is 24.6. The third kappa shape index (κ3) is 5.02. The fourth-order valence-corrected chi connectivity index (χ4v) is 3.78. The first kappa shape index (κ1) is 19.9. The zero-order valence-electron chi connectivity index (χ0n) is 14.0. The molecule has 0 fully saturated rings. The Hall–Kier alpha value is -2.46. The van der Waals surface area contributed by atoms with E-state index in [0.29, 0.717) is 9.46 Å². The maximum Gasteiger partial charge on any atom is 0.344 e. The molecular formula is C16H16N2O6S2. The van der Waals surface area contributed by atoms with Gasteiger partial charge < -0.3 is 19.9 Å². The smallest absolute Gasteiger partial charge is 0.344 e. The van der Waals surface area contributed by atoms with Crippen LogP contribution in [-0.4, -0.2) is 25.2 Å². The third-order valence-electron chi connectivity index (χ3n) is 2.99. The predicted octanol–water partition coefficient (Wildman–Crippen LogP) is 2.11. The van der Waals surface area contributed by atoms with Crippen LogP contribution in [0.4, 0.5) is 0 Å². The molecule has 10 heteroatoms. The van der Waals surface area contributed by atoms with Gasteiger partial charge in [0.2, 0.25) is 0 Å². The number of rotatable bonds is 7. The molecule has 2 rings (SSSR count). The molecule has 0 aliphatic heterocycles. The fourth-order valence-electron chi connectivity index (χ4n) is 1.82. The predicted molar refractivity (Wildman–Crippen MR) is 94.4 cm³/mol. The van der Waals surface area contributed by atoms with Crippen LogP contribution in [0.3, 0.4) is 0 Å². The molecule has 0 atom stereocenters. The topological polar surface area (TPSA) is 106 Å². The van der Waals surface area contributed by atoms with Crippen LogP contribution in [0.1, 0.15) is 34.6 Å². The maximum absolute atomic E-state index is 12.0. The molecule has 0 N–H and O–H groups in total. The Morgan fingerprint density at radius 3 is 1.54 bits per heavy atom. The molecule has 0 unspecified atom stereocenters. The molecule has 2 aromatic rings. The molecule has 26 heavy (non-hydrogen) atoms. The second-order valence-corrected chi connectivity index (χ2v) is 6.94. The summed E-state index contributed by atoms with van der Waals surface area (Å²) in [5.74, 6) is -1.15. The number of hydrogen-bond acceptors (Lipinski definition) is 8. The Morgan fingerprint density at radius 1 is 0.846 bits per heavy atom. The molecule has 0 aliphatic rings. The van der Waals surface area contributed by atoms with E-state index in [-0.39, 0.29) is 34.4 Å². The Balaban J connectivity index is 2.07. The SMILES string of the molecule is CCOC(=O)c1ccc(SSc2ccc(C(=O)OCC)c[n+]2[O-])[n+]([O-])c1. The summed E-state index contributed by atoms with van der Waals surface area (Å²) in [5.41, 5.74) is 0.294. The molecule has 0 radical (unpaired) electrons. The van der Waals surface area contributed by atoms with Crippen LogP contribution in [0.2, 0.25) is 0 Å². The Labute approximate surface area is 157 Å². The van der Waals surface area contributed by atoms with Gasteiger partial charge in [-0.1, -0.05) is 0 Å². The number of pyridine rings is 2. The maximum atomic E-state index is 12.0. The van der Waals surface area contributed by atoms with Crippen molar-refractivity contribution in [3.05, 3.63) is 58.2 Å².